The minimum absolute atomic E-state index is 0.00187. The molecule has 32 heavy (non-hydrogen) atoms. The number of nitrogens with one attached hydrogen (secondary N) is 3. The molecule has 0 saturated heterocycles. The molecule has 0 aliphatic heterocycles. The van der Waals surface area contributed by atoms with Crippen molar-refractivity contribution in [3.05, 3.63) is 72.8 Å². The fourth-order valence-electron chi connectivity index (χ4n) is 2.99. The van der Waals surface area contributed by atoms with Crippen molar-refractivity contribution in [2.45, 2.75) is 11.8 Å². The number of aromatic nitrogens is 2. The van der Waals surface area contributed by atoms with E-state index in [1.165, 1.54) is 43.3 Å². The second-order valence-corrected chi connectivity index (χ2v) is 8.58. The largest absolute Gasteiger partial charge is 0.508 e. The molecule has 1 aromatic heterocycles. The predicted molar refractivity (Wildman–Crippen MR) is 122 cm³/mol. The normalized spacial score (nSPS) is 11.2. The molecule has 0 bridgehead atoms. The molecule has 3 aromatic carbocycles. The summed E-state index contributed by atoms with van der Waals surface area (Å²) in [6, 6.07) is 19.2. The number of nitrogens with zero attached hydrogens (tertiary/aromatic N) is 2. The van der Waals surface area contributed by atoms with E-state index in [-0.39, 0.29) is 28.2 Å². The van der Waals surface area contributed by atoms with E-state index >= 15 is 0 Å². The summed E-state index contributed by atoms with van der Waals surface area (Å²) in [7, 11) is -4.00. The van der Waals surface area contributed by atoms with E-state index in [2.05, 4.69) is 25.3 Å². The van der Waals surface area contributed by atoms with Crippen LogP contribution in [0.2, 0.25) is 0 Å². The number of hydrogen-bond donors (Lipinski definition) is 4. The molecule has 0 fully saturated rings. The Morgan fingerprint density at radius 1 is 0.844 bits per heavy atom. The molecule has 9 nitrogen and oxygen atoms in total. The fourth-order valence-corrected chi connectivity index (χ4v) is 3.99. The van der Waals surface area contributed by atoms with Gasteiger partial charge in [0.1, 0.15) is 5.75 Å². The van der Waals surface area contributed by atoms with Crippen LogP contribution in [0, 0.1) is 0 Å². The molecule has 0 spiro atoms. The Hall–Kier alpha value is -4.18. The average Bonchev–Trinajstić information content (AvgIpc) is 2.74. The highest BCUT2D eigenvalue weighted by Crippen LogP contribution is 2.28. The van der Waals surface area contributed by atoms with Gasteiger partial charge < -0.3 is 15.7 Å². The van der Waals surface area contributed by atoms with Gasteiger partial charge >= 0.3 is 0 Å². The van der Waals surface area contributed by atoms with Crippen LogP contribution < -0.4 is 15.4 Å². The molecule has 0 unspecified atom stereocenters. The van der Waals surface area contributed by atoms with Gasteiger partial charge in [0.05, 0.1) is 15.9 Å². The molecular weight excluding hydrogens is 430 g/mol. The number of sulfonamides is 1. The quantitative estimate of drug-likeness (QED) is 0.351. The van der Waals surface area contributed by atoms with Gasteiger partial charge in [0.15, 0.2) is 11.6 Å². The van der Waals surface area contributed by atoms with Crippen molar-refractivity contribution >= 4 is 50.0 Å². The first-order valence-corrected chi connectivity index (χ1v) is 11.0. The molecule has 4 rings (SSSR count). The van der Waals surface area contributed by atoms with Gasteiger partial charge in [-0.15, -0.1) is 0 Å². The van der Waals surface area contributed by atoms with Crippen LogP contribution in [0.1, 0.15) is 6.92 Å². The summed E-state index contributed by atoms with van der Waals surface area (Å²) in [6.45, 7) is 1.37. The second kappa shape index (κ2) is 8.52. The van der Waals surface area contributed by atoms with Crippen LogP contribution in [0.3, 0.4) is 0 Å². The number of para-hydroxylation sites is 2. The maximum Gasteiger partial charge on any atom is 0.263 e. The third-order valence-electron chi connectivity index (χ3n) is 4.40. The summed E-state index contributed by atoms with van der Waals surface area (Å²) < 4.78 is 28.5. The first-order valence-electron chi connectivity index (χ1n) is 9.53. The number of benzene rings is 3. The van der Waals surface area contributed by atoms with Crippen LogP contribution in [-0.4, -0.2) is 29.4 Å². The van der Waals surface area contributed by atoms with Crippen molar-refractivity contribution in [2.24, 2.45) is 0 Å². The number of rotatable bonds is 6. The van der Waals surface area contributed by atoms with Crippen molar-refractivity contribution < 1.29 is 18.3 Å². The number of amides is 1. The van der Waals surface area contributed by atoms with Crippen molar-refractivity contribution in [3.63, 3.8) is 0 Å². The minimum Gasteiger partial charge on any atom is -0.508 e. The fraction of sp³-hybridized carbons (Fsp3) is 0.0455. The Morgan fingerprint density at radius 3 is 2.12 bits per heavy atom. The van der Waals surface area contributed by atoms with E-state index < -0.39 is 10.0 Å². The lowest BCUT2D eigenvalue weighted by Gasteiger charge is -2.14. The van der Waals surface area contributed by atoms with Crippen LogP contribution in [0.25, 0.3) is 11.0 Å². The second-order valence-electron chi connectivity index (χ2n) is 6.90. The van der Waals surface area contributed by atoms with Crippen molar-refractivity contribution in [3.8, 4) is 5.75 Å². The first-order chi connectivity index (χ1) is 15.3. The summed E-state index contributed by atoms with van der Waals surface area (Å²) in [5.74, 6) is -0.0382. The standard InChI is InChI=1S/C22H19N5O4S/c1-14(28)23-15-9-11-18(12-10-15)32(30,31)27-22-21(24-16-5-4-6-17(29)13-16)25-19-7-2-3-8-20(19)26-22/h2-13,29H,1H3,(H,23,28)(H,24,25)(H,26,27). The van der Waals surface area contributed by atoms with Crippen LogP contribution in [0.4, 0.5) is 23.0 Å². The zero-order valence-corrected chi connectivity index (χ0v) is 17.7. The molecule has 0 atom stereocenters. The maximum atomic E-state index is 13.0. The van der Waals surface area contributed by atoms with Gasteiger partial charge in [-0.25, -0.2) is 18.4 Å². The predicted octanol–water partition coefficient (Wildman–Crippen LogP) is 3.84. The van der Waals surface area contributed by atoms with E-state index in [9.17, 15) is 18.3 Å². The molecule has 0 saturated carbocycles. The van der Waals surface area contributed by atoms with Gasteiger partial charge in [0.2, 0.25) is 5.91 Å². The summed E-state index contributed by atoms with van der Waals surface area (Å²) in [5.41, 5.74) is 2.06. The Bertz CT molecular complexity index is 1410. The van der Waals surface area contributed by atoms with Crippen molar-refractivity contribution in [2.75, 3.05) is 15.4 Å². The summed E-state index contributed by atoms with van der Waals surface area (Å²) in [5, 5.41) is 15.3. The number of phenols is 1. The zero-order valence-electron chi connectivity index (χ0n) is 16.9. The summed E-state index contributed by atoms with van der Waals surface area (Å²) >= 11 is 0. The van der Waals surface area contributed by atoms with Crippen molar-refractivity contribution in [1.82, 2.24) is 9.97 Å². The Kier molecular flexibility index (Phi) is 5.61. The molecule has 10 heteroatoms. The number of fused-ring (bicyclic) bond motifs is 1. The highest BCUT2D eigenvalue weighted by atomic mass is 32.2. The number of phenolic OH excluding ortho intramolecular Hbond substituents is 1. The van der Waals surface area contributed by atoms with Crippen LogP contribution in [0.5, 0.6) is 5.75 Å². The Labute approximate surface area is 184 Å². The Balaban J connectivity index is 1.71. The van der Waals surface area contributed by atoms with E-state index in [0.717, 1.165) is 0 Å². The van der Waals surface area contributed by atoms with E-state index in [0.29, 0.717) is 22.4 Å². The van der Waals surface area contributed by atoms with E-state index in [1.54, 1.807) is 36.4 Å². The van der Waals surface area contributed by atoms with Gasteiger partial charge in [0, 0.05) is 24.4 Å². The van der Waals surface area contributed by atoms with Gasteiger partial charge in [-0.1, -0.05) is 18.2 Å². The molecule has 1 heterocycles. The molecule has 162 valence electrons. The van der Waals surface area contributed by atoms with E-state index in [1.807, 2.05) is 0 Å². The third-order valence-corrected chi connectivity index (χ3v) is 5.75. The average molecular weight is 449 g/mol. The highest BCUT2D eigenvalue weighted by molar-refractivity contribution is 7.92. The molecule has 4 aromatic rings. The maximum absolute atomic E-state index is 13.0. The SMILES string of the molecule is CC(=O)Nc1ccc(S(=O)(=O)Nc2nc3ccccc3nc2Nc2cccc(O)c2)cc1. The molecule has 4 N–H and O–H groups in total. The lowest BCUT2D eigenvalue weighted by Crippen LogP contribution is -2.16. The monoisotopic (exact) mass is 449 g/mol. The van der Waals surface area contributed by atoms with Gasteiger partial charge in [-0.3, -0.25) is 9.52 Å². The number of hydrogen-bond acceptors (Lipinski definition) is 7. The molecule has 0 aliphatic carbocycles. The Morgan fingerprint density at radius 2 is 1.50 bits per heavy atom. The third kappa shape index (κ3) is 4.76. The van der Waals surface area contributed by atoms with E-state index in [4.69, 9.17) is 0 Å². The van der Waals surface area contributed by atoms with Crippen LogP contribution in [-0.2, 0) is 14.8 Å². The number of anilines is 4. The van der Waals surface area contributed by atoms with Gasteiger partial charge in [-0.2, -0.15) is 0 Å². The molecule has 1 amide bonds. The highest BCUT2D eigenvalue weighted by Gasteiger charge is 2.19. The van der Waals surface area contributed by atoms with Gasteiger partial charge in [-0.05, 0) is 48.5 Å². The molecule has 0 aliphatic rings. The van der Waals surface area contributed by atoms with Gasteiger partial charge in [0.25, 0.3) is 10.0 Å². The summed E-state index contributed by atoms with van der Waals surface area (Å²) in [6.07, 6.45) is 0. The first kappa shape index (κ1) is 21.1. The molecular formula is C22H19N5O4S. The number of carbonyl (C=O) groups is 1. The number of aromatic hydroxyl groups is 1. The van der Waals surface area contributed by atoms with Crippen molar-refractivity contribution in [1.29, 1.82) is 0 Å². The topological polar surface area (TPSA) is 133 Å². The summed E-state index contributed by atoms with van der Waals surface area (Å²) in [4.78, 5) is 20.1. The lowest BCUT2D eigenvalue weighted by molar-refractivity contribution is -0.114. The molecule has 0 radical (unpaired) electrons. The minimum atomic E-state index is -4.00. The number of carbonyl (C=O) groups excluding carboxylic acids is 1. The lowest BCUT2D eigenvalue weighted by atomic mass is 10.3. The smallest absolute Gasteiger partial charge is 0.263 e. The zero-order chi connectivity index (χ0) is 22.7. The van der Waals surface area contributed by atoms with Crippen LogP contribution >= 0.6 is 0 Å². The van der Waals surface area contributed by atoms with Crippen LogP contribution in [0.15, 0.2) is 77.7 Å².